The fourth-order valence-corrected chi connectivity index (χ4v) is 4.06. The summed E-state index contributed by atoms with van der Waals surface area (Å²) in [6, 6.07) is 16.1. The molecule has 0 radical (unpaired) electrons. The summed E-state index contributed by atoms with van der Waals surface area (Å²) < 4.78 is 1.86. The summed E-state index contributed by atoms with van der Waals surface area (Å²) in [6.45, 7) is 0. The van der Waals surface area contributed by atoms with E-state index in [-0.39, 0.29) is 11.7 Å². The van der Waals surface area contributed by atoms with E-state index in [4.69, 9.17) is 34.8 Å². The van der Waals surface area contributed by atoms with Crippen LogP contribution in [0.25, 0.3) is 17.1 Å². The molecule has 1 amide bonds. The normalized spacial score (nSPS) is 11.1. The molecule has 0 bridgehead atoms. The van der Waals surface area contributed by atoms with Gasteiger partial charge in [0.05, 0.1) is 22.0 Å². The Morgan fingerprint density at radius 1 is 1.03 bits per heavy atom. The van der Waals surface area contributed by atoms with Gasteiger partial charge in [0.2, 0.25) is 0 Å². The lowest BCUT2D eigenvalue weighted by Gasteiger charge is -2.10. The molecule has 0 saturated heterocycles. The van der Waals surface area contributed by atoms with Gasteiger partial charge in [-0.1, -0.05) is 58.7 Å². The molecule has 0 spiro atoms. The van der Waals surface area contributed by atoms with Gasteiger partial charge in [-0.2, -0.15) is 5.10 Å². The molecular weight excluding hydrogens is 503 g/mol. The van der Waals surface area contributed by atoms with Gasteiger partial charge in [0.25, 0.3) is 5.91 Å². The van der Waals surface area contributed by atoms with Gasteiger partial charge in [-0.3, -0.25) is 14.3 Å². The lowest BCUT2D eigenvalue weighted by molar-refractivity contribution is -0.118. The van der Waals surface area contributed by atoms with Gasteiger partial charge in [-0.05, 0) is 42.5 Å². The molecular formula is C22H15Cl3N6OS. The molecule has 7 nitrogen and oxygen atoms in total. The van der Waals surface area contributed by atoms with E-state index >= 15 is 0 Å². The maximum atomic E-state index is 12.3. The second-order valence-electron chi connectivity index (χ2n) is 6.58. The zero-order valence-corrected chi connectivity index (χ0v) is 19.9. The van der Waals surface area contributed by atoms with E-state index in [1.165, 1.54) is 18.0 Å². The molecule has 4 rings (SSSR count). The molecule has 4 aromatic rings. The number of aromatic nitrogens is 4. The highest BCUT2D eigenvalue weighted by Crippen LogP contribution is 2.28. The number of thioether (sulfide) groups is 1. The first kappa shape index (κ1) is 23.3. The van der Waals surface area contributed by atoms with Gasteiger partial charge in [0.15, 0.2) is 11.0 Å². The summed E-state index contributed by atoms with van der Waals surface area (Å²) in [7, 11) is 0. The number of carbonyl (C=O) groups is 1. The van der Waals surface area contributed by atoms with Gasteiger partial charge in [-0.25, -0.2) is 5.43 Å². The minimum atomic E-state index is -0.314. The van der Waals surface area contributed by atoms with E-state index in [2.05, 4.69) is 25.7 Å². The van der Waals surface area contributed by atoms with Crippen molar-refractivity contribution in [3.05, 3.63) is 87.6 Å². The highest BCUT2D eigenvalue weighted by atomic mass is 35.5. The molecule has 0 aliphatic rings. The molecule has 2 aromatic carbocycles. The smallest absolute Gasteiger partial charge is 0.250 e. The summed E-state index contributed by atoms with van der Waals surface area (Å²) in [6.07, 6.45) is 4.80. The van der Waals surface area contributed by atoms with Crippen molar-refractivity contribution in [3.63, 3.8) is 0 Å². The minimum Gasteiger partial charge on any atom is -0.272 e. The maximum Gasteiger partial charge on any atom is 0.250 e. The van der Waals surface area contributed by atoms with Crippen LogP contribution in [0.15, 0.2) is 77.2 Å². The highest BCUT2D eigenvalue weighted by Gasteiger charge is 2.17. The molecule has 0 atom stereocenters. The Labute approximate surface area is 208 Å². The number of hydrogen-bond donors (Lipinski definition) is 1. The van der Waals surface area contributed by atoms with Crippen LogP contribution in [0.2, 0.25) is 15.1 Å². The summed E-state index contributed by atoms with van der Waals surface area (Å²) in [5.74, 6) is 0.379. The standard InChI is InChI=1S/C22H15Cl3N6OS/c23-16-4-6-17(7-5-16)31-21(14-8-10-26-11-9-14)29-30-22(31)33-13-19(32)28-27-12-15-2-1-3-18(24)20(15)25/h1-12H,13H2,(H,28,32)/b27-12-. The van der Waals surface area contributed by atoms with Crippen LogP contribution < -0.4 is 5.43 Å². The first-order valence-electron chi connectivity index (χ1n) is 9.53. The predicted molar refractivity (Wildman–Crippen MR) is 133 cm³/mol. The Morgan fingerprint density at radius 2 is 1.79 bits per heavy atom. The van der Waals surface area contributed by atoms with Crippen LogP contribution >= 0.6 is 46.6 Å². The fraction of sp³-hybridized carbons (Fsp3) is 0.0455. The minimum absolute atomic E-state index is 0.0721. The van der Waals surface area contributed by atoms with Gasteiger partial charge in [0.1, 0.15) is 0 Å². The zero-order valence-electron chi connectivity index (χ0n) is 16.8. The highest BCUT2D eigenvalue weighted by molar-refractivity contribution is 7.99. The molecule has 0 fully saturated rings. The number of pyridine rings is 1. The Bertz CT molecular complexity index is 1300. The average molecular weight is 518 g/mol. The maximum absolute atomic E-state index is 12.3. The summed E-state index contributed by atoms with van der Waals surface area (Å²) in [5.41, 5.74) is 4.73. The van der Waals surface area contributed by atoms with Crippen LogP contribution in [0.4, 0.5) is 0 Å². The predicted octanol–water partition coefficient (Wildman–Crippen LogP) is 5.53. The van der Waals surface area contributed by atoms with Crippen molar-refractivity contribution in [1.82, 2.24) is 25.2 Å². The quantitative estimate of drug-likeness (QED) is 0.198. The van der Waals surface area contributed by atoms with Crippen molar-refractivity contribution in [3.8, 4) is 17.1 Å². The van der Waals surface area contributed by atoms with E-state index < -0.39 is 0 Å². The van der Waals surface area contributed by atoms with Crippen molar-refractivity contribution in [1.29, 1.82) is 0 Å². The Kier molecular flexibility index (Phi) is 7.61. The number of nitrogens with one attached hydrogen (secondary N) is 1. The van der Waals surface area contributed by atoms with Crippen molar-refractivity contribution in [2.24, 2.45) is 5.10 Å². The van der Waals surface area contributed by atoms with Gasteiger partial charge < -0.3 is 0 Å². The molecule has 0 aliphatic carbocycles. The summed E-state index contributed by atoms with van der Waals surface area (Å²) in [4.78, 5) is 16.4. The van der Waals surface area contributed by atoms with E-state index in [9.17, 15) is 4.79 Å². The van der Waals surface area contributed by atoms with Crippen LogP contribution in [0.1, 0.15) is 5.56 Å². The molecule has 2 heterocycles. The second kappa shape index (κ2) is 10.8. The lowest BCUT2D eigenvalue weighted by atomic mass is 10.2. The van der Waals surface area contributed by atoms with Gasteiger partial charge in [0, 0.05) is 34.2 Å². The topological polar surface area (TPSA) is 85.1 Å². The monoisotopic (exact) mass is 516 g/mol. The third-order valence-electron chi connectivity index (χ3n) is 4.36. The van der Waals surface area contributed by atoms with Gasteiger partial charge in [-0.15, -0.1) is 10.2 Å². The number of nitrogens with zero attached hydrogens (tertiary/aromatic N) is 5. The van der Waals surface area contributed by atoms with E-state index in [0.29, 0.717) is 31.6 Å². The second-order valence-corrected chi connectivity index (χ2v) is 8.74. The number of rotatable bonds is 7. The van der Waals surface area contributed by atoms with E-state index in [1.807, 2.05) is 28.8 Å². The van der Waals surface area contributed by atoms with Crippen LogP contribution in [0, 0.1) is 0 Å². The molecule has 11 heteroatoms. The molecule has 0 saturated carbocycles. The van der Waals surface area contributed by atoms with Gasteiger partial charge >= 0.3 is 0 Å². The number of amides is 1. The number of halogens is 3. The van der Waals surface area contributed by atoms with E-state index in [1.54, 1.807) is 42.7 Å². The van der Waals surface area contributed by atoms with Crippen LogP contribution in [0.5, 0.6) is 0 Å². The van der Waals surface area contributed by atoms with Crippen LogP contribution in [-0.4, -0.2) is 37.6 Å². The van der Waals surface area contributed by atoms with Crippen molar-refractivity contribution in [2.75, 3.05) is 5.75 Å². The largest absolute Gasteiger partial charge is 0.272 e. The number of benzene rings is 2. The molecule has 33 heavy (non-hydrogen) atoms. The van der Waals surface area contributed by atoms with Crippen LogP contribution in [-0.2, 0) is 4.79 Å². The zero-order chi connectivity index (χ0) is 23.2. The third-order valence-corrected chi connectivity index (χ3v) is 6.38. The first-order chi connectivity index (χ1) is 16.0. The number of hydrazone groups is 1. The molecule has 0 aliphatic heterocycles. The average Bonchev–Trinajstić information content (AvgIpc) is 3.25. The van der Waals surface area contributed by atoms with E-state index in [0.717, 1.165) is 11.3 Å². The first-order valence-corrected chi connectivity index (χ1v) is 11.7. The number of carbonyl (C=O) groups excluding carboxylic acids is 1. The molecule has 2 aromatic heterocycles. The lowest BCUT2D eigenvalue weighted by Crippen LogP contribution is -2.20. The van der Waals surface area contributed by atoms with Crippen LogP contribution in [0.3, 0.4) is 0 Å². The molecule has 0 unspecified atom stereocenters. The fourth-order valence-electron chi connectivity index (χ4n) is 2.83. The van der Waals surface area contributed by atoms with Crippen molar-refractivity contribution < 1.29 is 4.79 Å². The Hall–Kier alpha value is -2.91. The Morgan fingerprint density at radius 3 is 2.55 bits per heavy atom. The SMILES string of the molecule is O=C(CSc1nnc(-c2ccncc2)n1-c1ccc(Cl)cc1)N/N=C\c1cccc(Cl)c1Cl. The molecule has 1 N–H and O–H groups in total. The number of hydrogen-bond acceptors (Lipinski definition) is 6. The molecule has 166 valence electrons. The Balaban J connectivity index is 1.50. The summed E-state index contributed by atoms with van der Waals surface area (Å²) in [5, 5.41) is 14.5. The summed E-state index contributed by atoms with van der Waals surface area (Å²) >= 11 is 19.4. The van der Waals surface area contributed by atoms with Crippen molar-refractivity contribution in [2.45, 2.75) is 5.16 Å². The third kappa shape index (κ3) is 5.72. The van der Waals surface area contributed by atoms with Crippen molar-refractivity contribution >= 4 is 58.7 Å².